The molecule has 0 spiro atoms. The zero-order chi connectivity index (χ0) is 13.8. The SMILES string of the molecule is O=C1CO[C@@H](c2ccccc2)[C@H](c2ccccc2)OC1. The maximum Gasteiger partial charge on any atom is 0.184 e. The van der Waals surface area contributed by atoms with Crippen molar-refractivity contribution >= 4 is 5.78 Å². The lowest BCUT2D eigenvalue weighted by atomic mass is 9.98. The van der Waals surface area contributed by atoms with Crippen molar-refractivity contribution in [2.75, 3.05) is 13.2 Å². The van der Waals surface area contributed by atoms with Crippen molar-refractivity contribution in [1.29, 1.82) is 0 Å². The van der Waals surface area contributed by atoms with Crippen molar-refractivity contribution in [2.24, 2.45) is 0 Å². The summed E-state index contributed by atoms with van der Waals surface area (Å²) < 4.78 is 11.6. The van der Waals surface area contributed by atoms with E-state index in [1.54, 1.807) is 0 Å². The molecule has 2 aromatic carbocycles. The largest absolute Gasteiger partial charge is 0.363 e. The molecule has 0 amide bonds. The summed E-state index contributed by atoms with van der Waals surface area (Å²) in [4.78, 5) is 11.6. The van der Waals surface area contributed by atoms with Crippen LogP contribution in [0.2, 0.25) is 0 Å². The number of Topliss-reactive ketones (excluding diaryl/α,β-unsaturated/α-hetero) is 1. The number of ketones is 1. The van der Waals surface area contributed by atoms with Crippen LogP contribution in [0, 0.1) is 0 Å². The molecule has 0 N–H and O–H groups in total. The number of carbonyl (C=O) groups is 1. The average molecular weight is 268 g/mol. The number of benzene rings is 2. The maximum atomic E-state index is 11.6. The van der Waals surface area contributed by atoms with Crippen molar-refractivity contribution in [2.45, 2.75) is 12.2 Å². The lowest BCUT2D eigenvalue weighted by Gasteiger charge is -2.25. The van der Waals surface area contributed by atoms with E-state index in [1.165, 1.54) is 0 Å². The van der Waals surface area contributed by atoms with Gasteiger partial charge in [0.1, 0.15) is 25.4 Å². The first kappa shape index (κ1) is 13.0. The molecule has 1 aliphatic heterocycles. The van der Waals surface area contributed by atoms with Crippen LogP contribution in [0.1, 0.15) is 23.3 Å². The minimum Gasteiger partial charge on any atom is -0.363 e. The smallest absolute Gasteiger partial charge is 0.184 e. The summed E-state index contributed by atoms with van der Waals surface area (Å²) in [6.45, 7) is 0.200. The second kappa shape index (κ2) is 5.99. The first-order valence-electron chi connectivity index (χ1n) is 6.69. The highest BCUT2D eigenvalue weighted by Crippen LogP contribution is 2.36. The molecule has 20 heavy (non-hydrogen) atoms. The number of hydrogen-bond acceptors (Lipinski definition) is 3. The molecule has 1 fully saturated rings. The third-order valence-corrected chi connectivity index (χ3v) is 3.38. The lowest BCUT2D eigenvalue weighted by molar-refractivity contribution is -0.125. The van der Waals surface area contributed by atoms with E-state index in [2.05, 4.69) is 0 Å². The van der Waals surface area contributed by atoms with Gasteiger partial charge in [0.2, 0.25) is 0 Å². The van der Waals surface area contributed by atoms with E-state index in [1.807, 2.05) is 60.7 Å². The minimum absolute atomic E-state index is 0.0237. The van der Waals surface area contributed by atoms with Gasteiger partial charge in [-0.15, -0.1) is 0 Å². The maximum absolute atomic E-state index is 11.6. The fourth-order valence-electron chi connectivity index (χ4n) is 2.41. The van der Waals surface area contributed by atoms with Crippen molar-refractivity contribution in [3.05, 3.63) is 71.8 Å². The third-order valence-electron chi connectivity index (χ3n) is 3.38. The summed E-state index contributed by atoms with van der Waals surface area (Å²) in [5.41, 5.74) is 2.05. The predicted octanol–water partition coefficient (Wildman–Crippen LogP) is 3.08. The molecule has 3 rings (SSSR count). The van der Waals surface area contributed by atoms with Crippen LogP contribution in [-0.4, -0.2) is 19.0 Å². The highest BCUT2D eigenvalue weighted by molar-refractivity contribution is 5.81. The van der Waals surface area contributed by atoms with Gasteiger partial charge in [-0.2, -0.15) is 0 Å². The van der Waals surface area contributed by atoms with E-state index in [0.29, 0.717) is 0 Å². The molecular formula is C17H16O3. The molecule has 3 nitrogen and oxygen atoms in total. The topological polar surface area (TPSA) is 35.5 Å². The van der Waals surface area contributed by atoms with Gasteiger partial charge in [0.05, 0.1) is 0 Å². The standard InChI is InChI=1S/C17H16O3/c18-15-11-19-16(13-7-3-1-4-8-13)17(20-12-15)14-9-5-2-6-10-14/h1-10,16-17H,11-12H2/t16-,17-/m0/s1. The molecule has 3 heteroatoms. The number of rotatable bonds is 2. The summed E-state index contributed by atoms with van der Waals surface area (Å²) in [6.07, 6.45) is -0.518. The number of carbonyl (C=O) groups excluding carboxylic acids is 1. The van der Waals surface area contributed by atoms with Gasteiger partial charge in [0.25, 0.3) is 0 Å². The van der Waals surface area contributed by atoms with Gasteiger partial charge in [0.15, 0.2) is 5.78 Å². The fraction of sp³-hybridized carbons (Fsp3) is 0.235. The van der Waals surface area contributed by atoms with Crippen molar-refractivity contribution in [1.82, 2.24) is 0 Å². The Morgan fingerprint density at radius 1 is 0.700 bits per heavy atom. The van der Waals surface area contributed by atoms with Crippen LogP contribution in [0.4, 0.5) is 0 Å². The Labute approximate surface area is 118 Å². The Morgan fingerprint density at radius 2 is 1.10 bits per heavy atom. The Morgan fingerprint density at radius 3 is 1.50 bits per heavy atom. The molecule has 0 aliphatic carbocycles. The Balaban J connectivity index is 1.96. The quantitative estimate of drug-likeness (QED) is 0.839. The van der Waals surface area contributed by atoms with E-state index in [-0.39, 0.29) is 31.2 Å². The minimum atomic E-state index is -0.259. The van der Waals surface area contributed by atoms with Crippen LogP contribution >= 0.6 is 0 Å². The van der Waals surface area contributed by atoms with Gasteiger partial charge < -0.3 is 9.47 Å². The zero-order valence-electron chi connectivity index (χ0n) is 11.1. The molecule has 0 saturated carbocycles. The second-order valence-corrected chi connectivity index (χ2v) is 4.82. The molecule has 1 saturated heterocycles. The Bertz CT molecular complexity index is 514. The monoisotopic (exact) mass is 268 g/mol. The zero-order valence-corrected chi connectivity index (χ0v) is 11.1. The molecule has 0 unspecified atom stereocenters. The number of hydrogen-bond donors (Lipinski definition) is 0. The Hall–Kier alpha value is -1.97. The van der Waals surface area contributed by atoms with Crippen LogP contribution in [0.15, 0.2) is 60.7 Å². The number of ether oxygens (including phenoxy) is 2. The average Bonchev–Trinajstić information content (AvgIpc) is 2.71. The fourth-order valence-corrected chi connectivity index (χ4v) is 2.41. The van der Waals surface area contributed by atoms with Crippen LogP contribution in [0.3, 0.4) is 0 Å². The molecular weight excluding hydrogens is 252 g/mol. The van der Waals surface area contributed by atoms with Gasteiger partial charge in [-0.25, -0.2) is 0 Å². The highest BCUT2D eigenvalue weighted by Gasteiger charge is 2.30. The first-order valence-corrected chi connectivity index (χ1v) is 6.69. The first-order chi connectivity index (χ1) is 9.84. The molecule has 2 aromatic rings. The van der Waals surface area contributed by atoms with Crippen LogP contribution in [-0.2, 0) is 14.3 Å². The van der Waals surface area contributed by atoms with Crippen molar-refractivity contribution in [3.8, 4) is 0 Å². The third kappa shape index (κ3) is 2.79. The molecule has 1 aliphatic rings. The van der Waals surface area contributed by atoms with Gasteiger partial charge in [0, 0.05) is 0 Å². The molecule has 2 atom stereocenters. The summed E-state index contributed by atoms with van der Waals surface area (Å²) >= 11 is 0. The van der Waals surface area contributed by atoms with Gasteiger partial charge in [-0.05, 0) is 11.1 Å². The molecule has 102 valence electrons. The molecule has 0 aromatic heterocycles. The molecule has 0 radical (unpaired) electrons. The Kier molecular flexibility index (Phi) is 3.90. The van der Waals surface area contributed by atoms with Gasteiger partial charge >= 0.3 is 0 Å². The van der Waals surface area contributed by atoms with E-state index in [4.69, 9.17) is 9.47 Å². The van der Waals surface area contributed by atoms with Gasteiger partial charge in [-0.1, -0.05) is 60.7 Å². The second-order valence-electron chi connectivity index (χ2n) is 4.82. The van der Waals surface area contributed by atoms with E-state index in [0.717, 1.165) is 11.1 Å². The van der Waals surface area contributed by atoms with Crippen LogP contribution in [0.25, 0.3) is 0 Å². The summed E-state index contributed by atoms with van der Waals surface area (Å²) in [5, 5.41) is 0. The van der Waals surface area contributed by atoms with E-state index >= 15 is 0 Å². The van der Waals surface area contributed by atoms with Crippen LogP contribution < -0.4 is 0 Å². The highest BCUT2D eigenvalue weighted by atomic mass is 16.6. The van der Waals surface area contributed by atoms with Gasteiger partial charge in [-0.3, -0.25) is 4.79 Å². The van der Waals surface area contributed by atoms with Crippen molar-refractivity contribution < 1.29 is 14.3 Å². The summed E-state index contributed by atoms with van der Waals surface area (Å²) in [7, 11) is 0. The van der Waals surface area contributed by atoms with Crippen LogP contribution in [0.5, 0.6) is 0 Å². The summed E-state index contributed by atoms with van der Waals surface area (Å²) in [5.74, 6) is -0.0237. The molecule has 1 heterocycles. The normalized spacial score (nSPS) is 23.3. The lowest BCUT2D eigenvalue weighted by Crippen LogP contribution is -2.15. The predicted molar refractivity (Wildman–Crippen MR) is 75.3 cm³/mol. The van der Waals surface area contributed by atoms with E-state index < -0.39 is 0 Å². The van der Waals surface area contributed by atoms with Crippen molar-refractivity contribution in [3.63, 3.8) is 0 Å². The summed E-state index contributed by atoms with van der Waals surface area (Å²) in [6, 6.07) is 19.8. The molecule has 0 bridgehead atoms. The van der Waals surface area contributed by atoms with E-state index in [9.17, 15) is 4.79 Å².